The van der Waals surface area contributed by atoms with Gasteiger partial charge in [-0.05, 0) is 53.5 Å². The number of pyridine rings is 1. The van der Waals surface area contributed by atoms with Crippen LogP contribution in [0.4, 0.5) is 0 Å². The van der Waals surface area contributed by atoms with Gasteiger partial charge in [-0.25, -0.2) is 0 Å². The Morgan fingerprint density at radius 3 is 2.56 bits per heavy atom. The maximum Gasteiger partial charge on any atom is 0.237 e. The summed E-state index contributed by atoms with van der Waals surface area (Å²) in [7, 11) is 0. The number of piperidine rings is 1. The Kier molecular flexibility index (Phi) is 7.90. The molecule has 2 amide bonds. The van der Waals surface area contributed by atoms with E-state index < -0.39 is 5.92 Å². The predicted octanol–water partition coefficient (Wildman–Crippen LogP) is 5.75. The van der Waals surface area contributed by atoms with E-state index in [0.717, 1.165) is 51.7 Å². The van der Waals surface area contributed by atoms with Crippen LogP contribution in [0, 0.1) is 11.3 Å². The molecule has 0 bridgehead atoms. The van der Waals surface area contributed by atoms with Crippen LogP contribution >= 0.6 is 11.6 Å². The fraction of sp³-hybridized carbons (Fsp3) is 0.412. The molecule has 0 radical (unpaired) electrons. The first kappa shape index (κ1) is 29.2. The average Bonchev–Trinajstić information content (AvgIpc) is 3.44. The molecule has 0 saturated carbocycles. The molecule has 2 aliphatic heterocycles. The zero-order chi connectivity index (χ0) is 30.3. The average molecular weight is 601 g/mol. The number of fused-ring (bicyclic) bond motifs is 3. The number of hydrogen-bond donors (Lipinski definition) is 2. The number of hydrogen-bond acceptors (Lipinski definition) is 4. The van der Waals surface area contributed by atoms with Crippen molar-refractivity contribution in [3.8, 4) is 11.1 Å². The Morgan fingerprint density at radius 2 is 1.86 bits per heavy atom. The number of aromatic amines is 1. The number of aromatic nitrogens is 3. The molecule has 1 saturated heterocycles. The van der Waals surface area contributed by atoms with E-state index in [9.17, 15) is 14.8 Å². The molecule has 224 valence electrons. The first-order valence-electron chi connectivity index (χ1n) is 15.1. The van der Waals surface area contributed by atoms with Gasteiger partial charge in [0.05, 0.1) is 34.1 Å². The number of halogens is 1. The third-order valence-corrected chi connectivity index (χ3v) is 9.09. The van der Waals surface area contributed by atoms with Crippen LogP contribution in [0.5, 0.6) is 0 Å². The topological polar surface area (TPSA) is 93.4 Å². The maximum atomic E-state index is 13.9. The summed E-state index contributed by atoms with van der Waals surface area (Å²) in [5.74, 6) is -0.295. The minimum Gasteiger partial charge on any atom is -0.343 e. The van der Waals surface area contributed by atoms with Crippen molar-refractivity contribution in [3.63, 3.8) is 0 Å². The number of rotatable bonds is 5. The standard InChI is InChI=1S/C34H39ClN5O3/c1-34(2,3)21-39-20-28-25(16-29(35)32-27(28)18-36-37-32)15-26(33(39)42)17-31(41)38-13-11-23(12-14-38)30-10-9-24(19-40(30)43)22-7-5-4-6-8-22/h4-10,16,18-19,23,26,43H,11-15,17,20-21H2,1-3H3,(H,36,37)/q+1/t26-/m0/s1. The van der Waals surface area contributed by atoms with Crippen LogP contribution in [0.1, 0.15) is 62.8 Å². The quantitative estimate of drug-likeness (QED) is 0.225. The van der Waals surface area contributed by atoms with E-state index in [-0.39, 0.29) is 29.6 Å². The van der Waals surface area contributed by atoms with Crippen LogP contribution in [-0.2, 0) is 22.6 Å². The van der Waals surface area contributed by atoms with Crippen molar-refractivity contribution in [1.29, 1.82) is 0 Å². The van der Waals surface area contributed by atoms with E-state index in [2.05, 4.69) is 31.0 Å². The lowest BCUT2D eigenvalue weighted by atomic mass is 9.90. The summed E-state index contributed by atoms with van der Waals surface area (Å²) >= 11 is 6.59. The molecule has 2 N–H and O–H groups in total. The summed E-state index contributed by atoms with van der Waals surface area (Å²) in [5, 5.41) is 19.5. The van der Waals surface area contributed by atoms with Crippen molar-refractivity contribution >= 4 is 34.3 Å². The highest BCUT2D eigenvalue weighted by atomic mass is 35.5. The number of H-pyrrole nitrogens is 1. The van der Waals surface area contributed by atoms with Crippen molar-refractivity contribution in [2.45, 2.75) is 58.9 Å². The summed E-state index contributed by atoms with van der Waals surface area (Å²) in [5.41, 5.74) is 5.59. The number of benzene rings is 2. The molecular formula is C34H39ClN5O3+. The van der Waals surface area contributed by atoms with Crippen molar-refractivity contribution in [1.82, 2.24) is 20.0 Å². The van der Waals surface area contributed by atoms with E-state index >= 15 is 0 Å². The van der Waals surface area contributed by atoms with E-state index in [4.69, 9.17) is 11.6 Å². The van der Waals surface area contributed by atoms with Crippen molar-refractivity contribution < 1.29 is 19.5 Å². The normalized spacial score (nSPS) is 18.1. The summed E-state index contributed by atoms with van der Waals surface area (Å²) in [6.07, 6.45) is 5.67. The highest BCUT2D eigenvalue weighted by Crippen LogP contribution is 2.36. The molecule has 0 spiro atoms. The smallest absolute Gasteiger partial charge is 0.237 e. The summed E-state index contributed by atoms with van der Waals surface area (Å²) in [6.45, 7) is 8.61. The van der Waals surface area contributed by atoms with Gasteiger partial charge in [-0.3, -0.25) is 19.9 Å². The monoisotopic (exact) mass is 600 g/mol. The highest BCUT2D eigenvalue weighted by molar-refractivity contribution is 6.35. The van der Waals surface area contributed by atoms with E-state index in [0.29, 0.717) is 37.6 Å². The van der Waals surface area contributed by atoms with Gasteiger partial charge in [-0.15, -0.1) is 0 Å². The molecule has 4 heterocycles. The number of amides is 2. The van der Waals surface area contributed by atoms with Gasteiger partial charge in [0.2, 0.25) is 23.7 Å². The Balaban J connectivity index is 1.16. The Bertz CT molecular complexity index is 1650. The first-order chi connectivity index (χ1) is 20.6. The summed E-state index contributed by atoms with van der Waals surface area (Å²) < 4.78 is 1.23. The van der Waals surface area contributed by atoms with Crippen LogP contribution in [0.15, 0.2) is 60.9 Å². The number of likely N-dealkylation sites (tertiary alicyclic amines) is 1. The molecule has 6 rings (SSSR count). The van der Waals surface area contributed by atoms with E-state index in [1.807, 2.05) is 58.3 Å². The lowest BCUT2D eigenvalue weighted by molar-refractivity contribution is -0.910. The Hall–Kier alpha value is -3.91. The lowest BCUT2D eigenvalue weighted by Crippen LogP contribution is -2.44. The third-order valence-electron chi connectivity index (χ3n) is 8.79. The largest absolute Gasteiger partial charge is 0.343 e. The number of nitrogens with one attached hydrogen (secondary N) is 1. The minimum atomic E-state index is -0.459. The zero-order valence-electron chi connectivity index (χ0n) is 25.0. The maximum absolute atomic E-state index is 13.9. The second-order valence-electron chi connectivity index (χ2n) is 13.2. The third kappa shape index (κ3) is 6.11. The van der Waals surface area contributed by atoms with E-state index in [1.54, 1.807) is 12.4 Å². The lowest BCUT2D eigenvalue weighted by Gasteiger charge is -2.33. The Labute approximate surface area is 257 Å². The number of nitrogens with zero attached hydrogens (tertiary/aromatic N) is 4. The van der Waals surface area contributed by atoms with Crippen molar-refractivity contribution in [2.24, 2.45) is 11.3 Å². The minimum absolute atomic E-state index is 0.00254. The second kappa shape index (κ2) is 11.6. The fourth-order valence-electron chi connectivity index (χ4n) is 6.69. The molecule has 2 aromatic heterocycles. The van der Waals surface area contributed by atoms with Crippen molar-refractivity contribution in [3.05, 3.63) is 82.8 Å². The van der Waals surface area contributed by atoms with Crippen LogP contribution in [-0.4, -0.2) is 56.7 Å². The van der Waals surface area contributed by atoms with Crippen LogP contribution in [0.3, 0.4) is 0 Å². The van der Waals surface area contributed by atoms with Crippen molar-refractivity contribution in [2.75, 3.05) is 19.6 Å². The van der Waals surface area contributed by atoms with Gasteiger partial charge in [0.1, 0.15) is 0 Å². The molecule has 2 aromatic carbocycles. The molecule has 9 heteroatoms. The van der Waals surface area contributed by atoms with Crippen LogP contribution in [0.25, 0.3) is 22.0 Å². The SMILES string of the molecule is CC(C)(C)CN1Cc2c(cc(Cl)c3[nH]ncc23)C[C@@H](CC(=O)N2CCC(c3ccc(-c4ccccc4)c[n+]3O)CC2)C1=O. The fourth-order valence-corrected chi connectivity index (χ4v) is 6.96. The molecule has 1 atom stereocenters. The van der Waals surface area contributed by atoms with Gasteiger partial charge < -0.3 is 9.80 Å². The molecule has 2 aliphatic rings. The zero-order valence-corrected chi connectivity index (χ0v) is 25.8. The molecular weight excluding hydrogens is 562 g/mol. The van der Waals surface area contributed by atoms with Crippen LogP contribution in [0.2, 0.25) is 5.02 Å². The van der Waals surface area contributed by atoms with Gasteiger partial charge >= 0.3 is 0 Å². The molecule has 1 fully saturated rings. The van der Waals surface area contributed by atoms with Gasteiger partial charge in [-0.2, -0.15) is 5.10 Å². The molecule has 4 aromatic rings. The van der Waals surface area contributed by atoms with Gasteiger partial charge in [0, 0.05) is 48.8 Å². The Morgan fingerprint density at radius 1 is 1.12 bits per heavy atom. The van der Waals surface area contributed by atoms with Gasteiger partial charge in [0.15, 0.2) is 0 Å². The summed E-state index contributed by atoms with van der Waals surface area (Å²) in [6, 6.07) is 15.9. The molecule has 0 unspecified atom stereocenters. The molecule has 8 nitrogen and oxygen atoms in total. The summed E-state index contributed by atoms with van der Waals surface area (Å²) in [4.78, 5) is 31.4. The predicted molar refractivity (Wildman–Crippen MR) is 166 cm³/mol. The highest BCUT2D eigenvalue weighted by Gasteiger charge is 2.36. The van der Waals surface area contributed by atoms with Gasteiger partial charge in [0.25, 0.3) is 0 Å². The second-order valence-corrected chi connectivity index (χ2v) is 13.6. The number of carbonyl (C=O) groups is 2. The van der Waals surface area contributed by atoms with Gasteiger partial charge in [-0.1, -0.05) is 62.7 Å². The number of carbonyl (C=O) groups excluding carboxylic acids is 2. The van der Waals surface area contributed by atoms with E-state index in [1.165, 1.54) is 4.73 Å². The molecule has 0 aliphatic carbocycles. The molecule has 43 heavy (non-hydrogen) atoms. The first-order valence-corrected chi connectivity index (χ1v) is 15.5. The van der Waals surface area contributed by atoms with Crippen LogP contribution < -0.4 is 4.73 Å².